The summed E-state index contributed by atoms with van der Waals surface area (Å²) >= 11 is 6.08. The molecule has 2 aliphatic rings. The molecule has 3 heterocycles. The Labute approximate surface area is 202 Å². The summed E-state index contributed by atoms with van der Waals surface area (Å²) in [6.45, 7) is 0.493. The fourth-order valence-corrected chi connectivity index (χ4v) is 6.22. The first-order chi connectivity index (χ1) is 16.4. The van der Waals surface area contributed by atoms with E-state index in [9.17, 15) is 4.21 Å². The third-order valence-electron chi connectivity index (χ3n) is 6.38. The molecule has 174 valence electrons. The maximum absolute atomic E-state index is 13.1. The number of pyridine rings is 1. The van der Waals surface area contributed by atoms with Gasteiger partial charge in [0.2, 0.25) is 0 Å². The molecule has 3 N–H and O–H groups in total. The summed E-state index contributed by atoms with van der Waals surface area (Å²) in [6, 6.07) is 13.4. The molecular formula is C24H24ClN7OS. The van der Waals surface area contributed by atoms with Crippen molar-refractivity contribution in [3.05, 3.63) is 83.0 Å². The lowest BCUT2D eigenvalue weighted by atomic mass is 10.1. The second-order valence-corrected chi connectivity index (χ2v) is 11.5. The molecule has 34 heavy (non-hydrogen) atoms. The molecule has 0 aliphatic heterocycles. The predicted molar refractivity (Wildman–Crippen MR) is 134 cm³/mol. The first-order valence-electron chi connectivity index (χ1n) is 11.3. The highest BCUT2D eigenvalue weighted by molar-refractivity contribution is 7.94. The SMILES string of the molecule is N=S(=O)(Nc1cc(NCc2cn3cc(C4CC4)ccc3n2)ncn1)[C@H]1C[C@@H]1c1cccc(Cl)c1. The Bertz CT molecular complexity index is 1480. The minimum atomic E-state index is -3.08. The van der Waals surface area contributed by atoms with E-state index in [1.807, 2.05) is 30.5 Å². The van der Waals surface area contributed by atoms with Crippen LogP contribution in [0.5, 0.6) is 0 Å². The second kappa shape index (κ2) is 8.25. The van der Waals surface area contributed by atoms with E-state index in [0.29, 0.717) is 35.5 Å². The molecule has 8 nitrogen and oxygen atoms in total. The first-order valence-corrected chi connectivity index (χ1v) is 13.3. The molecule has 2 saturated carbocycles. The van der Waals surface area contributed by atoms with Gasteiger partial charge in [0.05, 0.1) is 17.5 Å². The summed E-state index contributed by atoms with van der Waals surface area (Å²) in [6.07, 6.45) is 8.80. The van der Waals surface area contributed by atoms with Gasteiger partial charge in [0.1, 0.15) is 33.5 Å². The van der Waals surface area contributed by atoms with Crippen LogP contribution in [0.25, 0.3) is 5.65 Å². The van der Waals surface area contributed by atoms with Crippen LogP contribution in [0.15, 0.2) is 61.2 Å². The van der Waals surface area contributed by atoms with Crippen molar-refractivity contribution in [2.24, 2.45) is 0 Å². The van der Waals surface area contributed by atoms with Crippen LogP contribution in [0.3, 0.4) is 0 Å². The molecule has 2 aliphatic carbocycles. The Morgan fingerprint density at radius 2 is 1.94 bits per heavy atom. The fourth-order valence-electron chi connectivity index (χ4n) is 4.35. The maximum Gasteiger partial charge on any atom is 0.143 e. The van der Waals surface area contributed by atoms with Gasteiger partial charge in [0, 0.05) is 29.4 Å². The molecule has 0 saturated heterocycles. The fraction of sp³-hybridized carbons (Fsp3) is 0.292. The lowest BCUT2D eigenvalue weighted by Crippen LogP contribution is -2.18. The van der Waals surface area contributed by atoms with Gasteiger partial charge < -0.3 is 9.72 Å². The number of nitrogens with zero attached hydrogens (tertiary/aromatic N) is 4. The van der Waals surface area contributed by atoms with Crippen molar-refractivity contribution in [2.75, 3.05) is 10.0 Å². The normalized spacial score (nSPS) is 21.2. The largest absolute Gasteiger partial charge is 0.364 e. The van der Waals surface area contributed by atoms with Crippen LogP contribution in [-0.4, -0.2) is 28.8 Å². The second-order valence-electron chi connectivity index (χ2n) is 9.01. The Hall–Kier alpha value is -3.17. The van der Waals surface area contributed by atoms with E-state index in [-0.39, 0.29) is 11.2 Å². The topological polar surface area (TPSA) is 108 Å². The van der Waals surface area contributed by atoms with Gasteiger partial charge in [-0.05, 0) is 54.5 Å². The van der Waals surface area contributed by atoms with Crippen LogP contribution in [0, 0.1) is 4.78 Å². The molecule has 3 atom stereocenters. The summed E-state index contributed by atoms with van der Waals surface area (Å²) in [5.74, 6) is 1.69. The minimum absolute atomic E-state index is 0.0612. The molecule has 4 aromatic rings. The van der Waals surface area contributed by atoms with Crippen LogP contribution in [-0.2, 0) is 16.5 Å². The summed E-state index contributed by atoms with van der Waals surface area (Å²) in [7, 11) is -3.08. The molecular weight excluding hydrogens is 470 g/mol. The Morgan fingerprint density at radius 1 is 1.09 bits per heavy atom. The lowest BCUT2D eigenvalue weighted by molar-refractivity contribution is 0.676. The quantitative estimate of drug-likeness (QED) is 0.313. The van der Waals surface area contributed by atoms with Crippen LogP contribution in [0.2, 0.25) is 5.02 Å². The molecule has 1 aromatic carbocycles. The molecule has 10 heteroatoms. The standard InChI is InChI=1S/C24H24ClN7OS/c25-18-3-1-2-16(8-18)20-9-21(20)34(26,33)31-23-10-22(28-14-29-23)27-11-19-13-32-12-17(15-4-5-15)6-7-24(32)30-19/h1-3,6-8,10,12-15,20-21H,4-5,9,11H2,(H3,26,27,28,29,31,33)/t20-,21+,34?/m1/s1. The van der Waals surface area contributed by atoms with Gasteiger partial charge in [-0.15, -0.1) is 0 Å². The maximum atomic E-state index is 13.1. The van der Waals surface area contributed by atoms with Gasteiger partial charge in [-0.25, -0.2) is 23.9 Å². The molecule has 0 bridgehead atoms. The number of benzene rings is 1. The predicted octanol–water partition coefficient (Wildman–Crippen LogP) is 5.20. The van der Waals surface area contributed by atoms with Crippen molar-refractivity contribution in [2.45, 2.75) is 42.9 Å². The van der Waals surface area contributed by atoms with Gasteiger partial charge in [0.25, 0.3) is 0 Å². The van der Waals surface area contributed by atoms with E-state index in [4.69, 9.17) is 16.4 Å². The molecule has 1 unspecified atom stereocenters. The van der Waals surface area contributed by atoms with Gasteiger partial charge in [-0.2, -0.15) is 0 Å². The highest BCUT2D eigenvalue weighted by Gasteiger charge is 2.46. The number of hydrogen-bond acceptors (Lipinski definition) is 6. The average Bonchev–Trinajstić information content (AvgIpc) is 3.73. The smallest absolute Gasteiger partial charge is 0.143 e. The number of fused-ring (bicyclic) bond motifs is 1. The van der Waals surface area contributed by atoms with E-state index in [2.05, 4.69) is 47.7 Å². The van der Waals surface area contributed by atoms with Crippen molar-refractivity contribution in [1.82, 2.24) is 19.4 Å². The van der Waals surface area contributed by atoms with Gasteiger partial charge in [0.15, 0.2) is 0 Å². The number of rotatable bonds is 8. The van der Waals surface area contributed by atoms with E-state index >= 15 is 0 Å². The number of anilines is 2. The molecule has 6 rings (SSSR count). The van der Waals surface area contributed by atoms with Crippen molar-refractivity contribution >= 4 is 38.8 Å². The molecule has 0 radical (unpaired) electrons. The van der Waals surface area contributed by atoms with Crippen LogP contribution < -0.4 is 10.0 Å². The third kappa shape index (κ3) is 4.45. The van der Waals surface area contributed by atoms with Crippen molar-refractivity contribution in [3.63, 3.8) is 0 Å². The van der Waals surface area contributed by atoms with Crippen LogP contribution in [0.4, 0.5) is 11.6 Å². The van der Waals surface area contributed by atoms with Crippen molar-refractivity contribution < 1.29 is 4.21 Å². The van der Waals surface area contributed by atoms with Crippen LogP contribution in [0.1, 0.15) is 47.9 Å². The van der Waals surface area contributed by atoms with E-state index in [1.54, 1.807) is 6.07 Å². The van der Waals surface area contributed by atoms with Gasteiger partial charge >= 0.3 is 0 Å². The highest BCUT2D eigenvalue weighted by atomic mass is 35.5. The zero-order valence-electron chi connectivity index (χ0n) is 18.3. The summed E-state index contributed by atoms with van der Waals surface area (Å²) in [5.41, 5.74) is 4.19. The summed E-state index contributed by atoms with van der Waals surface area (Å²) < 4.78 is 26.4. The lowest BCUT2D eigenvalue weighted by Gasteiger charge is -2.11. The van der Waals surface area contributed by atoms with E-state index < -0.39 is 9.92 Å². The van der Waals surface area contributed by atoms with E-state index in [1.165, 1.54) is 24.7 Å². The molecule has 2 fully saturated rings. The van der Waals surface area contributed by atoms with E-state index in [0.717, 1.165) is 16.9 Å². The van der Waals surface area contributed by atoms with Crippen molar-refractivity contribution in [3.8, 4) is 0 Å². The summed E-state index contributed by atoms with van der Waals surface area (Å²) in [4.78, 5) is 13.1. The summed E-state index contributed by atoms with van der Waals surface area (Å²) in [5, 5.41) is 3.61. The Morgan fingerprint density at radius 3 is 2.76 bits per heavy atom. The number of aromatic nitrogens is 4. The average molecular weight is 494 g/mol. The van der Waals surface area contributed by atoms with Crippen LogP contribution >= 0.6 is 11.6 Å². The monoisotopic (exact) mass is 493 g/mol. The Kier molecular flexibility index (Phi) is 5.18. The zero-order valence-corrected chi connectivity index (χ0v) is 19.9. The number of hydrogen-bond donors (Lipinski definition) is 3. The highest BCUT2D eigenvalue weighted by Crippen LogP contribution is 2.47. The molecule has 0 spiro atoms. The minimum Gasteiger partial charge on any atom is -0.364 e. The molecule has 0 amide bonds. The number of imidazole rings is 1. The zero-order chi connectivity index (χ0) is 23.3. The number of nitrogens with one attached hydrogen (secondary N) is 3. The van der Waals surface area contributed by atoms with Gasteiger partial charge in [-0.1, -0.05) is 29.8 Å². The van der Waals surface area contributed by atoms with Crippen molar-refractivity contribution in [1.29, 1.82) is 4.78 Å². The Balaban J connectivity index is 1.11. The number of halogens is 1. The third-order valence-corrected chi connectivity index (χ3v) is 8.50. The van der Waals surface area contributed by atoms with Gasteiger partial charge in [-0.3, -0.25) is 4.72 Å². The molecule has 3 aromatic heterocycles. The first kappa shape index (κ1) is 21.4.